The third kappa shape index (κ3) is 12.2. The van der Waals surface area contributed by atoms with E-state index < -0.39 is 5.97 Å². The van der Waals surface area contributed by atoms with Gasteiger partial charge < -0.3 is 26.4 Å². The molecule has 1 aromatic heterocycles. The van der Waals surface area contributed by atoms with Crippen molar-refractivity contribution < 1.29 is 14.7 Å². The molecule has 0 aromatic carbocycles. The number of hydrogen-bond acceptors (Lipinski definition) is 6. The van der Waals surface area contributed by atoms with Gasteiger partial charge in [0.15, 0.2) is 0 Å². The molecule has 1 saturated carbocycles. The Bertz CT molecular complexity index is 762. The van der Waals surface area contributed by atoms with Crippen molar-refractivity contribution in [2.45, 2.75) is 90.4 Å². The lowest BCUT2D eigenvalue weighted by Crippen LogP contribution is -2.30. The molecule has 0 bridgehead atoms. The van der Waals surface area contributed by atoms with Crippen LogP contribution in [0.2, 0.25) is 0 Å². The van der Waals surface area contributed by atoms with Gasteiger partial charge in [0, 0.05) is 18.8 Å². The van der Waals surface area contributed by atoms with Gasteiger partial charge in [-0.25, -0.2) is 4.98 Å². The lowest BCUT2D eigenvalue weighted by atomic mass is 9.76. The molecule has 204 valence electrons. The zero-order valence-electron chi connectivity index (χ0n) is 22.4. The van der Waals surface area contributed by atoms with Crippen LogP contribution in [-0.2, 0) is 22.4 Å². The lowest BCUT2D eigenvalue weighted by Gasteiger charge is -2.31. The summed E-state index contributed by atoms with van der Waals surface area (Å²) in [5.41, 5.74) is 8.79. The second-order valence-corrected chi connectivity index (χ2v) is 10.6. The Morgan fingerprint density at radius 3 is 2.53 bits per heavy atom. The van der Waals surface area contributed by atoms with Crippen molar-refractivity contribution in [3.63, 3.8) is 0 Å². The number of pyridine rings is 1. The number of anilines is 1. The molecule has 1 saturated heterocycles. The fourth-order valence-electron chi connectivity index (χ4n) is 5.02. The van der Waals surface area contributed by atoms with Crippen molar-refractivity contribution in [1.82, 2.24) is 15.2 Å². The number of nitrogens with zero attached hydrogens (tertiary/aromatic N) is 2. The van der Waals surface area contributed by atoms with E-state index in [1.165, 1.54) is 102 Å². The number of likely N-dealkylation sites (tertiary alicyclic amines) is 1. The minimum atomic E-state index is -0.903. The summed E-state index contributed by atoms with van der Waals surface area (Å²) in [4.78, 5) is 26.6. The number of amides is 1. The highest BCUT2D eigenvalue weighted by molar-refractivity contribution is 5.67. The summed E-state index contributed by atoms with van der Waals surface area (Å²) < 4.78 is 0. The molecule has 0 spiro atoms. The van der Waals surface area contributed by atoms with Crippen LogP contribution in [0.25, 0.3) is 0 Å². The standard InChI is InChI=1S/C16H25N3.C8H17N.C4H7NO3/c1-2-11-19(12-3-1)13-5-7-15-9-8-14-6-4-10-17-16(14)18-15;1-8(7-9)5-3-2-4-6-8;6-3-5-2-1-4(7)8/h8-9H,1-7,10-13H2,(H,17,18);2-7,9H2,1H3;3H,1-2H2,(H,5,6)(H,7,8). The zero-order chi connectivity index (χ0) is 26.1. The number of carbonyl (C=O) groups excluding carboxylic acids is 1. The predicted molar refractivity (Wildman–Crippen MR) is 146 cm³/mol. The molecule has 3 aliphatic rings. The fourth-order valence-corrected chi connectivity index (χ4v) is 5.02. The number of hydrogen-bond donors (Lipinski definition) is 4. The Labute approximate surface area is 217 Å². The molecule has 0 unspecified atom stereocenters. The fraction of sp³-hybridized carbons (Fsp3) is 0.750. The van der Waals surface area contributed by atoms with Crippen molar-refractivity contribution in [2.75, 3.05) is 44.6 Å². The minimum absolute atomic E-state index is 0.0151. The van der Waals surface area contributed by atoms with E-state index in [-0.39, 0.29) is 13.0 Å². The maximum atomic E-state index is 9.72. The first-order valence-corrected chi connectivity index (χ1v) is 14.0. The lowest BCUT2D eigenvalue weighted by molar-refractivity contribution is -0.136. The first kappa shape index (κ1) is 30.0. The summed E-state index contributed by atoms with van der Waals surface area (Å²) in [6.07, 6.45) is 16.4. The first-order chi connectivity index (χ1) is 17.5. The number of aromatic nitrogens is 1. The number of piperidine rings is 1. The van der Waals surface area contributed by atoms with Crippen LogP contribution in [0.4, 0.5) is 5.82 Å². The van der Waals surface area contributed by atoms with E-state index in [2.05, 4.69) is 34.6 Å². The maximum absolute atomic E-state index is 9.72. The summed E-state index contributed by atoms with van der Waals surface area (Å²) in [5.74, 6) is 0.237. The Kier molecular flexibility index (Phi) is 14.4. The average Bonchev–Trinajstić information content (AvgIpc) is 2.90. The van der Waals surface area contributed by atoms with E-state index in [0.29, 0.717) is 11.8 Å². The summed E-state index contributed by atoms with van der Waals surface area (Å²) in [5, 5.41) is 13.6. The molecular formula is C28H49N5O3. The van der Waals surface area contributed by atoms with Gasteiger partial charge in [-0.1, -0.05) is 38.7 Å². The van der Waals surface area contributed by atoms with Gasteiger partial charge in [-0.05, 0) is 94.6 Å². The number of carboxylic acids is 1. The highest BCUT2D eigenvalue weighted by Gasteiger charge is 2.24. The molecule has 36 heavy (non-hydrogen) atoms. The molecule has 2 fully saturated rings. The van der Waals surface area contributed by atoms with E-state index in [1.807, 2.05) is 0 Å². The van der Waals surface area contributed by atoms with Crippen LogP contribution in [-0.4, -0.2) is 66.6 Å². The SMILES string of the molecule is CC1(CN)CCCCC1.O=CNCCC(=O)O.c1cc2c(nc1CCCN1CCCCC1)NCCC2. The second-order valence-electron chi connectivity index (χ2n) is 10.6. The van der Waals surface area contributed by atoms with Gasteiger partial charge in [0.25, 0.3) is 0 Å². The normalized spacial score (nSPS) is 18.7. The van der Waals surface area contributed by atoms with Crippen molar-refractivity contribution in [2.24, 2.45) is 11.1 Å². The number of carboxylic acid groups (broad SMARTS) is 1. The van der Waals surface area contributed by atoms with Crippen LogP contribution >= 0.6 is 0 Å². The highest BCUT2D eigenvalue weighted by atomic mass is 16.4. The predicted octanol–water partition coefficient (Wildman–Crippen LogP) is 3.98. The molecular weight excluding hydrogens is 454 g/mol. The van der Waals surface area contributed by atoms with Gasteiger partial charge in [0.1, 0.15) is 5.82 Å². The van der Waals surface area contributed by atoms with E-state index in [1.54, 1.807) is 0 Å². The van der Waals surface area contributed by atoms with Crippen LogP contribution in [0, 0.1) is 5.41 Å². The van der Waals surface area contributed by atoms with Crippen molar-refractivity contribution >= 4 is 18.2 Å². The van der Waals surface area contributed by atoms with Crippen LogP contribution < -0.4 is 16.4 Å². The smallest absolute Gasteiger partial charge is 0.305 e. The van der Waals surface area contributed by atoms with Gasteiger partial charge in [-0.2, -0.15) is 0 Å². The van der Waals surface area contributed by atoms with Crippen molar-refractivity contribution in [1.29, 1.82) is 0 Å². The van der Waals surface area contributed by atoms with Crippen LogP contribution in [0.15, 0.2) is 12.1 Å². The molecule has 5 N–H and O–H groups in total. The highest BCUT2D eigenvalue weighted by Crippen LogP contribution is 2.34. The Hall–Kier alpha value is -2.19. The number of carbonyl (C=O) groups is 2. The summed E-state index contributed by atoms with van der Waals surface area (Å²) >= 11 is 0. The number of rotatable bonds is 9. The van der Waals surface area contributed by atoms with Gasteiger partial charge in [0.05, 0.1) is 6.42 Å². The zero-order valence-corrected chi connectivity index (χ0v) is 22.4. The van der Waals surface area contributed by atoms with Crippen molar-refractivity contribution in [3.8, 4) is 0 Å². The number of nitrogens with one attached hydrogen (secondary N) is 2. The molecule has 0 atom stereocenters. The summed E-state index contributed by atoms with van der Waals surface area (Å²) in [7, 11) is 0. The van der Waals surface area contributed by atoms with E-state index >= 15 is 0 Å². The van der Waals surface area contributed by atoms with Crippen LogP contribution in [0.3, 0.4) is 0 Å². The first-order valence-electron chi connectivity index (χ1n) is 14.0. The molecule has 3 heterocycles. The minimum Gasteiger partial charge on any atom is -0.481 e. The Balaban J connectivity index is 0.000000224. The number of aliphatic carboxylic acids is 1. The third-order valence-corrected chi connectivity index (χ3v) is 7.43. The second kappa shape index (κ2) is 17.3. The molecule has 8 nitrogen and oxygen atoms in total. The number of nitrogens with two attached hydrogens (primary N) is 1. The quantitative estimate of drug-likeness (QED) is 0.297. The van der Waals surface area contributed by atoms with E-state index in [0.717, 1.165) is 25.3 Å². The molecule has 1 amide bonds. The third-order valence-electron chi connectivity index (χ3n) is 7.43. The number of aryl methyl sites for hydroxylation is 2. The number of fused-ring (bicyclic) bond motifs is 1. The van der Waals surface area contributed by atoms with Crippen molar-refractivity contribution in [3.05, 3.63) is 23.4 Å². The molecule has 0 radical (unpaired) electrons. The summed E-state index contributed by atoms with van der Waals surface area (Å²) in [6.45, 7) is 8.33. The van der Waals surface area contributed by atoms with Gasteiger partial charge in [0.2, 0.25) is 6.41 Å². The largest absolute Gasteiger partial charge is 0.481 e. The van der Waals surface area contributed by atoms with E-state index in [4.69, 9.17) is 15.8 Å². The van der Waals surface area contributed by atoms with Crippen LogP contribution in [0.1, 0.15) is 88.8 Å². The topological polar surface area (TPSA) is 121 Å². The van der Waals surface area contributed by atoms with Gasteiger partial charge >= 0.3 is 5.97 Å². The van der Waals surface area contributed by atoms with E-state index in [9.17, 15) is 9.59 Å². The average molecular weight is 504 g/mol. The Morgan fingerprint density at radius 1 is 1.17 bits per heavy atom. The Morgan fingerprint density at radius 2 is 1.89 bits per heavy atom. The summed E-state index contributed by atoms with van der Waals surface area (Å²) in [6, 6.07) is 4.49. The van der Waals surface area contributed by atoms with Gasteiger partial charge in [-0.15, -0.1) is 0 Å². The monoisotopic (exact) mass is 503 g/mol. The molecule has 1 aromatic rings. The molecule has 2 aliphatic heterocycles. The molecule has 4 rings (SSSR count). The van der Waals surface area contributed by atoms with Crippen LogP contribution in [0.5, 0.6) is 0 Å². The van der Waals surface area contributed by atoms with Gasteiger partial charge in [-0.3, -0.25) is 9.59 Å². The molecule has 8 heteroatoms. The maximum Gasteiger partial charge on any atom is 0.305 e. The molecule has 1 aliphatic carbocycles.